The molecule has 0 fully saturated rings. The van der Waals surface area contributed by atoms with Crippen molar-refractivity contribution in [1.29, 1.82) is 0 Å². The number of primary amides is 1. The number of nitrogens with one attached hydrogen (secondary N) is 1. The van der Waals surface area contributed by atoms with E-state index >= 15 is 0 Å². The van der Waals surface area contributed by atoms with Gasteiger partial charge in [0.25, 0.3) is 5.91 Å². The molecule has 2 amide bonds. The summed E-state index contributed by atoms with van der Waals surface area (Å²) < 4.78 is 13.5. The molecule has 0 aromatic heterocycles. The van der Waals surface area contributed by atoms with Crippen molar-refractivity contribution in [1.82, 2.24) is 5.32 Å². The number of nitro groups is 1. The van der Waals surface area contributed by atoms with Crippen molar-refractivity contribution in [2.45, 2.75) is 12.5 Å². The van der Waals surface area contributed by atoms with Crippen LogP contribution in [-0.2, 0) is 11.2 Å². The van der Waals surface area contributed by atoms with E-state index in [1.807, 2.05) is 30.3 Å². The van der Waals surface area contributed by atoms with E-state index in [0.29, 0.717) is 11.1 Å². The van der Waals surface area contributed by atoms with Gasteiger partial charge in [-0.25, -0.2) is 0 Å². The van der Waals surface area contributed by atoms with E-state index in [9.17, 15) is 24.1 Å². The van der Waals surface area contributed by atoms with Crippen molar-refractivity contribution in [3.05, 3.63) is 99.9 Å². The van der Waals surface area contributed by atoms with Crippen LogP contribution in [0.1, 0.15) is 15.9 Å². The first-order chi connectivity index (χ1) is 14.3. The summed E-state index contributed by atoms with van der Waals surface area (Å²) >= 11 is 0. The highest BCUT2D eigenvalue weighted by Gasteiger charge is 2.22. The van der Waals surface area contributed by atoms with Crippen molar-refractivity contribution in [3.8, 4) is 11.1 Å². The average Bonchev–Trinajstić information content (AvgIpc) is 2.75. The third-order valence-corrected chi connectivity index (χ3v) is 4.55. The summed E-state index contributed by atoms with van der Waals surface area (Å²) in [7, 11) is 0. The molecule has 7 nitrogen and oxygen atoms in total. The summed E-state index contributed by atoms with van der Waals surface area (Å²) in [6, 6.07) is 18.6. The lowest BCUT2D eigenvalue weighted by molar-refractivity contribution is -0.387. The predicted molar refractivity (Wildman–Crippen MR) is 109 cm³/mol. The lowest BCUT2D eigenvalue weighted by Gasteiger charge is -2.16. The van der Waals surface area contributed by atoms with E-state index in [1.165, 1.54) is 6.07 Å². The second kappa shape index (κ2) is 8.95. The van der Waals surface area contributed by atoms with Crippen LogP contribution in [0.25, 0.3) is 11.1 Å². The van der Waals surface area contributed by atoms with Crippen LogP contribution < -0.4 is 11.1 Å². The summed E-state index contributed by atoms with van der Waals surface area (Å²) in [5, 5.41) is 13.4. The molecular formula is C22H18FN3O4. The Hall–Kier alpha value is -4.07. The van der Waals surface area contributed by atoms with Crippen molar-refractivity contribution < 1.29 is 18.9 Å². The van der Waals surface area contributed by atoms with E-state index in [0.717, 1.165) is 23.3 Å². The third-order valence-electron chi connectivity index (χ3n) is 4.55. The molecular weight excluding hydrogens is 389 g/mol. The molecule has 0 aliphatic rings. The van der Waals surface area contributed by atoms with E-state index in [2.05, 4.69) is 5.32 Å². The van der Waals surface area contributed by atoms with Crippen LogP contribution in [-0.4, -0.2) is 22.8 Å². The third kappa shape index (κ3) is 4.85. The fraction of sp³-hybridized carbons (Fsp3) is 0.0909. The highest BCUT2D eigenvalue weighted by Crippen LogP contribution is 2.21. The number of carbonyl (C=O) groups excluding carboxylic acids is 2. The minimum absolute atomic E-state index is 0.107. The van der Waals surface area contributed by atoms with Crippen LogP contribution >= 0.6 is 0 Å². The second-order valence-electron chi connectivity index (χ2n) is 6.62. The molecule has 3 aromatic carbocycles. The first kappa shape index (κ1) is 20.7. The second-order valence-corrected chi connectivity index (χ2v) is 6.62. The number of amides is 2. The van der Waals surface area contributed by atoms with Crippen LogP contribution in [0.3, 0.4) is 0 Å². The minimum atomic E-state index is -1.11. The standard InChI is InChI=1S/C22H18FN3O4/c23-18-11-6-14(13-20(18)26(29)30)12-19(21(24)27)25-22(28)17-9-7-16(8-10-17)15-4-2-1-3-5-15/h1-11,13,19H,12H2,(H2,24,27)(H,25,28)/t19-/m1/s1. The lowest BCUT2D eigenvalue weighted by atomic mass is 10.0. The zero-order valence-corrected chi connectivity index (χ0v) is 15.7. The van der Waals surface area contributed by atoms with Gasteiger partial charge in [-0.1, -0.05) is 48.5 Å². The van der Waals surface area contributed by atoms with Gasteiger partial charge in [-0.05, 0) is 34.9 Å². The van der Waals surface area contributed by atoms with Gasteiger partial charge in [0.2, 0.25) is 11.7 Å². The van der Waals surface area contributed by atoms with Gasteiger partial charge >= 0.3 is 5.69 Å². The first-order valence-electron chi connectivity index (χ1n) is 9.03. The molecule has 0 radical (unpaired) electrons. The maximum atomic E-state index is 13.5. The summed E-state index contributed by atoms with van der Waals surface area (Å²) in [4.78, 5) is 34.4. The van der Waals surface area contributed by atoms with Crippen LogP contribution in [0.4, 0.5) is 10.1 Å². The van der Waals surface area contributed by atoms with Crippen molar-refractivity contribution in [2.24, 2.45) is 5.73 Å². The Bertz CT molecular complexity index is 1090. The molecule has 8 heteroatoms. The Morgan fingerprint density at radius 1 is 1.00 bits per heavy atom. The number of hydrogen-bond acceptors (Lipinski definition) is 4. The van der Waals surface area contributed by atoms with Gasteiger partial charge in [-0.15, -0.1) is 0 Å². The SMILES string of the molecule is NC(=O)[C@@H](Cc1ccc(F)c([N+](=O)[O-])c1)NC(=O)c1ccc(-c2ccccc2)cc1. The van der Waals surface area contributed by atoms with E-state index in [1.54, 1.807) is 24.3 Å². The smallest absolute Gasteiger partial charge is 0.305 e. The molecule has 1 atom stereocenters. The monoisotopic (exact) mass is 407 g/mol. The Morgan fingerprint density at radius 2 is 1.63 bits per heavy atom. The van der Waals surface area contributed by atoms with Crippen molar-refractivity contribution in [3.63, 3.8) is 0 Å². The Kier molecular flexibility index (Phi) is 6.17. The molecule has 0 saturated heterocycles. The van der Waals surface area contributed by atoms with Crippen LogP contribution in [0.5, 0.6) is 0 Å². The van der Waals surface area contributed by atoms with Gasteiger partial charge in [0.1, 0.15) is 6.04 Å². The van der Waals surface area contributed by atoms with Crippen molar-refractivity contribution in [2.75, 3.05) is 0 Å². The van der Waals surface area contributed by atoms with Gasteiger partial charge in [-0.2, -0.15) is 4.39 Å². The molecule has 3 rings (SSSR count). The minimum Gasteiger partial charge on any atom is -0.368 e. The zero-order valence-electron chi connectivity index (χ0n) is 15.7. The number of benzene rings is 3. The van der Waals surface area contributed by atoms with Crippen LogP contribution in [0.15, 0.2) is 72.8 Å². The molecule has 0 heterocycles. The quantitative estimate of drug-likeness (QED) is 0.462. The maximum absolute atomic E-state index is 13.5. The van der Waals surface area contributed by atoms with Crippen molar-refractivity contribution >= 4 is 17.5 Å². The summed E-state index contributed by atoms with van der Waals surface area (Å²) in [6.07, 6.45) is -0.107. The van der Waals surface area contributed by atoms with Gasteiger partial charge in [0.05, 0.1) is 4.92 Å². The molecule has 30 heavy (non-hydrogen) atoms. The Morgan fingerprint density at radius 3 is 2.23 bits per heavy atom. The molecule has 0 unspecified atom stereocenters. The van der Waals surface area contributed by atoms with Gasteiger partial charge in [-0.3, -0.25) is 19.7 Å². The molecule has 3 aromatic rings. The largest absolute Gasteiger partial charge is 0.368 e. The van der Waals surface area contributed by atoms with E-state index < -0.39 is 34.3 Å². The number of nitro benzene ring substituents is 1. The fourth-order valence-corrected chi connectivity index (χ4v) is 2.97. The lowest BCUT2D eigenvalue weighted by Crippen LogP contribution is -2.45. The number of hydrogen-bond donors (Lipinski definition) is 2. The highest BCUT2D eigenvalue weighted by atomic mass is 19.1. The zero-order chi connectivity index (χ0) is 21.7. The molecule has 0 aliphatic carbocycles. The predicted octanol–water partition coefficient (Wildman–Crippen LogP) is 3.23. The Balaban J connectivity index is 1.74. The summed E-state index contributed by atoms with van der Waals surface area (Å²) in [6.45, 7) is 0. The average molecular weight is 407 g/mol. The van der Waals surface area contributed by atoms with Gasteiger partial charge < -0.3 is 11.1 Å². The van der Waals surface area contributed by atoms with Gasteiger partial charge in [0, 0.05) is 18.1 Å². The van der Waals surface area contributed by atoms with Gasteiger partial charge in [0.15, 0.2) is 0 Å². The molecule has 0 bridgehead atoms. The Labute approximate surface area is 171 Å². The summed E-state index contributed by atoms with van der Waals surface area (Å²) in [5.41, 5.74) is 7.22. The van der Waals surface area contributed by atoms with E-state index in [4.69, 9.17) is 5.73 Å². The van der Waals surface area contributed by atoms with Crippen LogP contribution in [0.2, 0.25) is 0 Å². The first-order valence-corrected chi connectivity index (χ1v) is 9.03. The number of nitrogens with zero attached hydrogens (tertiary/aromatic N) is 1. The fourth-order valence-electron chi connectivity index (χ4n) is 2.97. The maximum Gasteiger partial charge on any atom is 0.305 e. The number of rotatable bonds is 7. The molecule has 0 spiro atoms. The summed E-state index contributed by atoms with van der Waals surface area (Å²) in [5.74, 6) is -2.31. The highest BCUT2D eigenvalue weighted by molar-refractivity contribution is 5.97. The van der Waals surface area contributed by atoms with E-state index in [-0.39, 0.29) is 6.42 Å². The number of halogens is 1. The number of carbonyl (C=O) groups is 2. The molecule has 0 aliphatic heterocycles. The molecule has 3 N–H and O–H groups in total. The molecule has 0 saturated carbocycles. The normalized spacial score (nSPS) is 11.5. The number of nitrogens with two attached hydrogens (primary N) is 1. The van der Waals surface area contributed by atoms with Crippen LogP contribution in [0, 0.1) is 15.9 Å². The topological polar surface area (TPSA) is 115 Å². The molecule has 152 valence electrons.